The number of esters is 1. The van der Waals surface area contributed by atoms with Gasteiger partial charge >= 0.3 is 5.97 Å². The summed E-state index contributed by atoms with van der Waals surface area (Å²) in [5.41, 5.74) is 3.27. The first-order chi connectivity index (χ1) is 17.9. The summed E-state index contributed by atoms with van der Waals surface area (Å²) in [5.74, 6) is 3.30. The van der Waals surface area contributed by atoms with Crippen LogP contribution in [0, 0.1) is 5.92 Å². The van der Waals surface area contributed by atoms with E-state index >= 15 is 0 Å². The van der Waals surface area contributed by atoms with Gasteiger partial charge in [-0.15, -0.1) is 11.8 Å². The molecule has 1 fully saturated rings. The standard InChI is InChI=1S/C32H49NO3S/c1-5-6-8-13-24(2)16-17-25-22-27(35-29(34)15-11-20-33-18-9-7-10-19-33)30-28(23-25)36-32(3,4)26-14-12-21-37-31(26)30/h22-24H,5-21H2,1-4H3. The van der Waals surface area contributed by atoms with Crippen LogP contribution in [0.1, 0.15) is 116 Å². The Morgan fingerprint density at radius 1 is 1.11 bits per heavy atom. The van der Waals surface area contributed by atoms with Gasteiger partial charge in [0.2, 0.25) is 0 Å². The number of hydrogen-bond acceptors (Lipinski definition) is 5. The van der Waals surface area contributed by atoms with E-state index in [1.54, 1.807) is 0 Å². The zero-order chi connectivity index (χ0) is 26.3. The molecule has 3 aliphatic heterocycles. The van der Waals surface area contributed by atoms with Gasteiger partial charge in [0.1, 0.15) is 17.1 Å². The molecule has 0 bridgehead atoms. The Hall–Kier alpha value is -1.46. The molecule has 206 valence electrons. The van der Waals surface area contributed by atoms with E-state index in [0.29, 0.717) is 18.1 Å². The van der Waals surface area contributed by atoms with Crippen LogP contribution in [0.15, 0.2) is 17.7 Å². The van der Waals surface area contributed by atoms with Gasteiger partial charge in [0.25, 0.3) is 0 Å². The maximum Gasteiger partial charge on any atom is 0.311 e. The summed E-state index contributed by atoms with van der Waals surface area (Å²) in [4.78, 5) is 16.8. The molecule has 0 radical (unpaired) electrons. The molecule has 0 saturated carbocycles. The Kier molecular flexibility index (Phi) is 10.5. The van der Waals surface area contributed by atoms with E-state index in [1.165, 1.54) is 80.5 Å². The third-order valence-corrected chi connectivity index (χ3v) is 9.52. The van der Waals surface area contributed by atoms with Gasteiger partial charge < -0.3 is 14.4 Å². The van der Waals surface area contributed by atoms with Crippen LogP contribution in [0.25, 0.3) is 4.91 Å². The Bertz CT molecular complexity index is 948. The number of fused-ring (bicyclic) bond motifs is 2. The maximum absolute atomic E-state index is 13.0. The van der Waals surface area contributed by atoms with E-state index in [4.69, 9.17) is 9.47 Å². The first-order valence-corrected chi connectivity index (χ1v) is 16.0. The summed E-state index contributed by atoms with van der Waals surface area (Å²) in [7, 11) is 0. The maximum atomic E-state index is 13.0. The van der Waals surface area contributed by atoms with Gasteiger partial charge in [0, 0.05) is 11.3 Å². The molecule has 0 aromatic heterocycles. The molecule has 4 nitrogen and oxygen atoms in total. The minimum atomic E-state index is -0.322. The molecule has 1 unspecified atom stereocenters. The van der Waals surface area contributed by atoms with E-state index in [1.807, 2.05) is 11.8 Å². The second-order valence-electron chi connectivity index (χ2n) is 12.0. The van der Waals surface area contributed by atoms with Crippen molar-refractivity contribution in [2.24, 2.45) is 5.92 Å². The highest BCUT2D eigenvalue weighted by Gasteiger charge is 2.38. The molecule has 1 atom stereocenters. The fourth-order valence-corrected chi connectivity index (χ4v) is 7.40. The molecule has 0 aliphatic carbocycles. The first-order valence-electron chi connectivity index (χ1n) is 15.0. The van der Waals surface area contributed by atoms with Gasteiger partial charge in [-0.25, -0.2) is 0 Å². The van der Waals surface area contributed by atoms with E-state index in [-0.39, 0.29) is 11.6 Å². The van der Waals surface area contributed by atoms with Gasteiger partial charge in [-0.05, 0) is 113 Å². The fourth-order valence-electron chi connectivity index (χ4n) is 6.04. The molecule has 0 N–H and O–H groups in total. The van der Waals surface area contributed by atoms with Crippen LogP contribution in [0.4, 0.5) is 0 Å². The molecule has 1 aromatic carbocycles. The summed E-state index contributed by atoms with van der Waals surface area (Å²) >= 11 is 1.91. The predicted octanol–water partition coefficient (Wildman–Crippen LogP) is 8.42. The lowest BCUT2D eigenvalue weighted by atomic mass is 9.87. The summed E-state index contributed by atoms with van der Waals surface area (Å²) < 4.78 is 12.8. The van der Waals surface area contributed by atoms with Crippen LogP contribution in [0.2, 0.25) is 0 Å². The summed E-state index contributed by atoms with van der Waals surface area (Å²) in [6.07, 6.45) is 14.8. The zero-order valence-corrected chi connectivity index (χ0v) is 24.6. The van der Waals surface area contributed by atoms with E-state index in [9.17, 15) is 4.79 Å². The van der Waals surface area contributed by atoms with Crippen molar-refractivity contribution < 1.29 is 14.3 Å². The highest BCUT2D eigenvalue weighted by Crippen LogP contribution is 2.53. The van der Waals surface area contributed by atoms with Gasteiger partial charge in [0.05, 0.1) is 5.56 Å². The largest absolute Gasteiger partial charge is 0.483 e. The van der Waals surface area contributed by atoms with E-state index in [0.717, 1.165) is 49.3 Å². The van der Waals surface area contributed by atoms with Crippen molar-refractivity contribution in [1.82, 2.24) is 4.90 Å². The van der Waals surface area contributed by atoms with Crippen molar-refractivity contribution in [2.45, 2.75) is 117 Å². The summed E-state index contributed by atoms with van der Waals surface area (Å²) in [6, 6.07) is 4.37. The zero-order valence-electron chi connectivity index (χ0n) is 23.8. The van der Waals surface area contributed by atoms with Gasteiger partial charge in [0.15, 0.2) is 0 Å². The summed E-state index contributed by atoms with van der Waals surface area (Å²) in [6.45, 7) is 12.3. The first kappa shape index (κ1) is 28.5. The number of nitrogens with zero attached hydrogens (tertiary/aromatic N) is 1. The van der Waals surface area contributed by atoms with Crippen LogP contribution in [-0.4, -0.2) is 41.9 Å². The monoisotopic (exact) mass is 527 g/mol. The Morgan fingerprint density at radius 3 is 2.70 bits per heavy atom. The number of carbonyl (C=O) groups excluding carboxylic acids is 1. The van der Waals surface area contributed by atoms with Crippen LogP contribution in [-0.2, 0) is 11.2 Å². The van der Waals surface area contributed by atoms with Crippen molar-refractivity contribution in [3.63, 3.8) is 0 Å². The number of likely N-dealkylation sites (tertiary alicyclic amines) is 1. The molecular formula is C32H49NO3S. The molecule has 4 rings (SSSR count). The molecule has 1 aromatic rings. The number of thioether (sulfide) groups is 1. The molecular weight excluding hydrogens is 478 g/mol. The predicted molar refractivity (Wildman–Crippen MR) is 157 cm³/mol. The number of benzene rings is 1. The van der Waals surface area contributed by atoms with Crippen LogP contribution < -0.4 is 9.47 Å². The average Bonchev–Trinajstić information content (AvgIpc) is 2.88. The van der Waals surface area contributed by atoms with E-state index < -0.39 is 0 Å². The Labute approximate surface area is 229 Å². The Morgan fingerprint density at radius 2 is 1.92 bits per heavy atom. The number of carbonyl (C=O) groups is 1. The third-order valence-electron chi connectivity index (χ3n) is 8.29. The normalized spacial score (nSPS) is 20.1. The van der Waals surface area contributed by atoms with Gasteiger partial charge in [-0.3, -0.25) is 4.79 Å². The topological polar surface area (TPSA) is 38.8 Å². The number of hydrogen-bond donors (Lipinski definition) is 0. The van der Waals surface area contributed by atoms with Crippen molar-refractivity contribution in [3.05, 3.63) is 28.8 Å². The molecule has 1 saturated heterocycles. The lowest BCUT2D eigenvalue weighted by Gasteiger charge is -2.39. The highest BCUT2D eigenvalue weighted by atomic mass is 32.2. The summed E-state index contributed by atoms with van der Waals surface area (Å²) in [5, 5.41) is 0. The molecule has 3 heterocycles. The number of ether oxygens (including phenoxy) is 2. The average molecular weight is 528 g/mol. The second kappa shape index (κ2) is 13.6. The van der Waals surface area contributed by atoms with Crippen LogP contribution >= 0.6 is 11.8 Å². The SMILES string of the molecule is CCCCCC(C)CCc1cc(OC(=O)CCCN2CCCCC2)c2c(c1)OC(C)(C)C1=C2SCCC1. The quantitative estimate of drug-likeness (QED) is 0.155. The lowest BCUT2D eigenvalue weighted by molar-refractivity contribution is -0.134. The number of unbranched alkanes of at least 4 members (excludes halogenated alkanes) is 2. The second-order valence-corrected chi connectivity index (χ2v) is 13.1. The lowest BCUT2D eigenvalue weighted by Crippen LogP contribution is -2.35. The van der Waals surface area contributed by atoms with Crippen molar-refractivity contribution in [2.75, 3.05) is 25.4 Å². The molecule has 0 amide bonds. The van der Waals surface area contributed by atoms with Gasteiger partial charge in [-0.2, -0.15) is 0 Å². The number of piperidine rings is 1. The van der Waals surface area contributed by atoms with Crippen LogP contribution in [0.5, 0.6) is 11.5 Å². The van der Waals surface area contributed by atoms with E-state index in [2.05, 4.69) is 44.7 Å². The fraction of sp³-hybridized carbons (Fsp3) is 0.719. The molecule has 3 aliphatic rings. The molecule has 37 heavy (non-hydrogen) atoms. The van der Waals surface area contributed by atoms with Crippen LogP contribution in [0.3, 0.4) is 0 Å². The number of rotatable bonds is 12. The molecule has 0 spiro atoms. The minimum absolute atomic E-state index is 0.114. The molecule has 5 heteroatoms. The van der Waals surface area contributed by atoms with Crippen molar-refractivity contribution in [1.29, 1.82) is 0 Å². The smallest absolute Gasteiger partial charge is 0.311 e. The third kappa shape index (κ3) is 7.79. The number of aryl methyl sites for hydroxylation is 1. The highest BCUT2D eigenvalue weighted by molar-refractivity contribution is 8.08. The van der Waals surface area contributed by atoms with Gasteiger partial charge in [-0.1, -0.05) is 46.0 Å². The Balaban J connectivity index is 1.50. The minimum Gasteiger partial charge on any atom is -0.483 e. The van der Waals surface area contributed by atoms with Crippen molar-refractivity contribution in [3.8, 4) is 11.5 Å². The van der Waals surface area contributed by atoms with Crippen molar-refractivity contribution >= 4 is 22.6 Å².